The Balaban J connectivity index is 2.24. The largest absolute Gasteiger partial charge is 0.481 e. The molecule has 0 amide bonds. The van der Waals surface area contributed by atoms with Gasteiger partial charge in [0.05, 0.1) is 10.2 Å². The summed E-state index contributed by atoms with van der Waals surface area (Å²) in [6.07, 6.45) is 3.46. The Morgan fingerprint density at radius 1 is 1.64 bits per heavy atom. The number of hydrogen-bond donors (Lipinski definition) is 1. The molecule has 0 spiro atoms. The Bertz CT molecular complexity index is 355. The number of carbonyl (C=O) groups is 1. The first-order chi connectivity index (χ1) is 6.62. The molecule has 1 fully saturated rings. The summed E-state index contributed by atoms with van der Waals surface area (Å²) in [5.74, 6) is -0.688. The second kappa shape index (κ2) is 3.66. The van der Waals surface area contributed by atoms with Gasteiger partial charge in [-0.1, -0.05) is 6.42 Å². The van der Waals surface area contributed by atoms with Crippen LogP contribution in [-0.2, 0) is 10.2 Å². The van der Waals surface area contributed by atoms with Crippen molar-refractivity contribution < 1.29 is 9.90 Å². The van der Waals surface area contributed by atoms with Crippen LogP contribution in [0.3, 0.4) is 0 Å². The normalized spacial score (nSPS) is 18.9. The highest BCUT2D eigenvalue weighted by Gasteiger charge is 2.41. The van der Waals surface area contributed by atoms with Crippen LogP contribution in [0.25, 0.3) is 0 Å². The van der Waals surface area contributed by atoms with E-state index in [-0.39, 0.29) is 11.8 Å². The molecular formula is C10H11BrO2S. The maximum Gasteiger partial charge on any atom is 0.304 e. The van der Waals surface area contributed by atoms with E-state index in [1.54, 1.807) is 11.3 Å². The maximum atomic E-state index is 10.8. The van der Waals surface area contributed by atoms with Crippen molar-refractivity contribution >= 4 is 33.2 Å². The third-order valence-electron chi connectivity index (χ3n) is 2.98. The summed E-state index contributed by atoms with van der Waals surface area (Å²) in [7, 11) is 0. The quantitative estimate of drug-likeness (QED) is 0.917. The molecule has 1 heterocycles. The zero-order valence-corrected chi connectivity index (χ0v) is 10.0. The van der Waals surface area contributed by atoms with Gasteiger partial charge in [-0.15, -0.1) is 11.3 Å². The van der Waals surface area contributed by atoms with Gasteiger partial charge in [0.15, 0.2) is 0 Å². The summed E-state index contributed by atoms with van der Waals surface area (Å²) in [6, 6.07) is 2.06. The lowest BCUT2D eigenvalue weighted by molar-refractivity contribution is -0.139. The third-order valence-corrected chi connectivity index (χ3v) is 4.48. The van der Waals surface area contributed by atoms with E-state index in [0.717, 1.165) is 23.0 Å². The molecule has 2 nitrogen and oxygen atoms in total. The number of thiophene rings is 1. The van der Waals surface area contributed by atoms with Crippen LogP contribution >= 0.6 is 27.3 Å². The first kappa shape index (κ1) is 10.2. The summed E-state index contributed by atoms with van der Waals surface area (Å²) in [5.41, 5.74) is 1.14. The van der Waals surface area contributed by atoms with Crippen LogP contribution in [0.15, 0.2) is 15.2 Å². The van der Waals surface area contributed by atoms with Crippen LogP contribution in [0.5, 0.6) is 0 Å². The van der Waals surface area contributed by atoms with Gasteiger partial charge in [0.25, 0.3) is 0 Å². The Labute approximate surface area is 95.1 Å². The van der Waals surface area contributed by atoms with Crippen LogP contribution in [0, 0.1) is 0 Å². The zero-order chi connectivity index (χ0) is 10.2. The number of carboxylic acid groups (broad SMARTS) is 1. The molecule has 0 aliphatic heterocycles. The number of halogens is 1. The first-order valence-corrected chi connectivity index (χ1v) is 6.26. The molecule has 0 unspecified atom stereocenters. The van der Waals surface area contributed by atoms with Crippen molar-refractivity contribution in [3.63, 3.8) is 0 Å². The van der Waals surface area contributed by atoms with Crippen molar-refractivity contribution in [2.24, 2.45) is 0 Å². The summed E-state index contributed by atoms with van der Waals surface area (Å²) in [5, 5.41) is 10.9. The smallest absolute Gasteiger partial charge is 0.304 e. The molecule has 0 radical (unpaired) electrons. The third kappa shape index (κ3) is 1.73. The van der Waals surface area contributed by atoms with E-state index in [0.29, 0.717) is 0 Å². The lowest BCUT2D eigenvalue weighted by Crippen LogP contribution is -2.36. The Morgan fingerprint density at radius 2 is 2.36 bits per heavy atom. The van der Waals surface area contributed by atoms with Gasteiger partial charge in [0, 0.05) is 5.41 Å². The summed E-state index contributed by atoms with van der Waals surface area (Å²) >= 11 is 5.05. The van der Waals surface area contributed by atoms with Gasteiger partial charge in [-0.2, -0.15) is 0 Å². The summed E-state index contributed by atoms with van der Waals surface area (Å²) in [6.45, 7) is 0. The van der Waals surface area contributed by atoms with E-state index in [2.05, 4.69) is 27.4 Å². The van der Waals surface area contributed by atoms with E-state index in [9.17, 15) is 4.79 Å². The highest BCUT2D eigenvalue weighted by atomic mass is 79.9. The van der Waals surface area contributed by atoms with Crippen LogP contribution < -0.4 is 0 Å². The van der Waals surface area contributed by atoms with Crippen molar-refractivity contribution in [1.29, 1.82) is 0 Å². The molecule has 14 heavy (non-hydrogen) atoms. The van der Waals surface area contributed by atoms with Gasteiger partial charge in [-0.05, 0) is 45.8 Å². The van der Waals surface area contributed by atoms with Crippen LogP contribution in [-0.4, -0.2) is 11.1 Å². The standard InChI is InChI=1S/C10H11BrO2S/c11-8-4-7(6-14-8)10(2-1-3-10)5-9(12)13/h4,6H,1-3,5H2,(H,12,13). The minimum absolute atomic E-state index is 0.0612. The molecule has 1 saturated carbocycles. The van der Waals surface area contributed by atoms with Gasteiger partial charge >= 0.3 is 5.97 Å². The Morgan fingerprint density at radius 3 is 2.71 bits per heavy atom. The monoisotopic (exact) mass is 274 g/mol. The fourth-order valence-corrected chi connectivity index (χ4v) is 3.33. The molecule has 0 bridgehead atoms. The highest BCUT2D eigenvalue weighted by molar-refractivity contribution is 9.11. The van der Waals surface area contributed by atoms with Gasteiger partial charge in [0.1, 0.15) is 0 Å². The molecule has 1 aromatic heterocycles. The van der Waals surface area contributed by atoms with Gasteiger partial charge < -0.3 is 5.11 Å². The van der Waals surface area contributed by atoms with E-state index < -0.39 is 5.97 Å². The van der Waals surface area contributed by atoms with Crippen LogP contribution in [0.2, 0.25) is 0 Å². The lowest BCUT2D eigenvalue weighted by atomic mass is 9.63. The van der Waals surface area contributed by atoms with Gasteiger partial charge in [-0.3, -0.25) is 4.79 Å². The number of hydrogen-bond acceptors (Lipinski definition) is 2. The fraction of sp³-hybridized carbons (Fsp3) is 0.500. The number of rotatable bonds is 3. The average molecular weight is 275 g/mol. The summed E-state index contributed by atoms with van der Waals surface area (Å²) < 4.78 is 1.09. The van der Waals surface area contributed by atoms with E-state index in [1.807, 2.05) is 0 Å². The summed E-state index contributed by atoms with van der Waals surface area (Å²) in [4.78, 5) is 10.8. The van der Waals surface area contributed by atoms with Crippen molar-refractivity contribution in [2.75, 3.05) is 0 Å². The molecule has 1 N–H and O–H groups in total. The molecular weight excluding hydrogens is 264 g/mol. The molecule has 1 aliphatic carbocycles. The predicted octanol–water partition coefficient (Wildman–Crippen LogP) is 3.41. The average Bonchev–Trinajstić information content (AvgIpc) is 2.44. The first-order valence-electron chi connectivity index (χ1n) is 4.59. The van der Waals surface area contributed by atoms with Crippen LogP contribution in [0.1, 0.15) is 31.2 Å². The SMILES string of the molecule is O=C(O)CC1(c2csc(Br)c2)CCC1. The predicted molar refractivity (Wildman–Crippen MR) is 59.8 cm³/mol. The minimum atomic E-state index is -0.688. The molecule has 1 aliphatic rings. The molecule has 4 heteroatoms. The molecule has 76 valence electrons. The highest BCUT2D eigenvalue weighted by Crippen LogP contribution is 2.48. The topological polar surface area (TPSA) is 37.3 Å². The molecule has 0 saturated heterocycles. The van der Waals surface area contributed by atoms with Gasteiger partial charge in [0.2, 0.25) is 0 Å². The lowest BCUT2D eigenvalue weighted by Gasteiger charge is -2.40. The molecule has 0 aromatic carbocycles. The van der Waals surface area contributed by atoms with Crippen molar-refractivity contribution in [2.45, 2.75) is 31.1 Å². The molecule has 2 rings (SSSR count). The number of carboxylic acids is 1. The maximum absolute atomic E-state index is 10.8. The van der Waals surface area contributed by atoms with E-state index >= 15 is 0 Å². The van der Waals surface area contributed by atoms with Gasteiger partial charge in [-0.25, -0.2) is 0 Å². The van der Waals surface area contributed by atoms with E-state index in [4.69, 9.17) is 5.11 Å². The van der Waals surface area contributed by atoms with Crippen molar-refractivity contribution in [1.82, 2.24) is 0 Å². The minimum Gasteiger partial charge on any atom is -0.481 e. The zero-order valence-electron chi connectivity index (χ0n) is 7.62. The Hall–Kier alpha value is -0.350. The van der Waals surface area contributed by atoms with Crippen molar-refractivity contribution in [3.05, 3.63) is 20.8 Å². The van der Waals surface area contributed by atoms with Crippen molar-refractivity contribution in [3.8, 4) is 0 Å². The number of aliphatic carboxylic acids is 1. The second-order valence-corrected chi connectivity index (χ2v) is 6.13. The Kier molecular flexibility index (Phi) is 2.66. The molecule has 1 aromatic rings. The fourth-order valence-electron chi connectivity index (χ4n) is 2.05. The molecule has 0 atom stereocenters. The van der Waals surface area contributed by atoms with E-state index in [1.165, 1.54) is 5.56 Å². The second-order valence-electron chi connectivity index (χ2n) is 3.84. The van der Waals surface area contributed by atoms with Crippen LogP contribution in [0.4, 0.5) is 0 Å².